The van der Waals surface area contributed by atoms with Crippen LogP contribution in [-0.4, -0.2) is 31.1 Å². The van der Waals surface area contributed by atoms with Crippen LogP contribution < -0.4 is 24.0 Å². The average molecular weight is 295 g/mol. The molecule has 0 nitrogen and oxygen atoms in total. The molecular weight excluding hydrogens is 275 g/mol. The van der Waals surface area contributed by atoms with Crippen molar-refractivity contribution < 1.29 is 24.0 Å². The maximum atomic E-state index is 4.03. The van der Waals surface area contributed by atoms with Crippen LogP contribution in [0.25, 0.3) is 0 Å². The molecule has 0 saturated carbocycles. The van der Waals surface area contributed by atoms with Gasteiger partial charge in [-0.3, -0.25) is 0 Å². The molecule has 0 aliphatic carbocycles. The second kappa shape index (κ2) is 9.80. The molecule has 0 aliphatic rings. The van der Waals surface area contributed by atoms with E-state index < -0.39 is 8.07 Å². The van der Waals surface area contributed by atoms with E-state index in [0.717, 1.165) is 0 Å². The van der Waals surface area contributed by atoms with Crippen molar-refractivity contribution in [2.45, 2.75) is 44.9 Å². The predicted molar refractivity (Wildman–Crippen MR) is 53.1 cm³/mol. The second-order valence-electron chi connectivity index (χ2n) is 2.81. The molecule has 0 fully saturated rings. The van der Waals surface area contributed by atoms with E-state index in [-0.39, 0.29) is 47.0 Å². The van der Waals surface area contributed by atoms with Crippen molar-refractivity contribution in [3.05, 3.63) is 6.92 Å². The van der Waals surface area contributed by atoms with Gasteiger partial charge in [-0.1, -0.05) is 38.9 Å². The van der Waals surface area contributed by atoms with Gasteiger partial charge >= 0.3 is 23.1 Å². The Kier molecular flexibility index (Phi) is 16.5. The molecule has 0 aliphatic heterocycles. The van der Waals surface area contributed by atoms with Crippen molar-refractivity contribution >= 4 is 31.1 Å². The fourth-order valence-electron chi connectivity index (χ4n) is 1.28. The molecule has 0 aromatic carbocycles. The molecule has 0 atom stereocenters. The Labute approximate surface area is 106 Å². The van der Waals surface area contributed by atoms with Crippen molar-refractivity contribution in [3.63, 3.8) is 0 Å². The molecule has 0 unspecified atom stereocenters. The summed E-state index contributed by atoms with van der Waals surface area (Å²) in [6.45, 7) is 11.0. The number of halogens is 1. The quantitative estimate of drug-likeness (QED) is 0.388. The monoisotopic (exact) mass is 294 g/mol. The normalized spacial score (nSPS) is 9.82. The minimum absolute atomic E-state index is 0. The fourth-order valence-corrected chi connectivity index (χ4v) is 3.84. The molecule has 64 valence electrons. The van der Waals surface area contributed by atoms with E-state index in [1.165, 1.54) is 24.2 Å². The Morgan fingerprint density at radius 2 is 1.27 bits per heavy atom. The third kappa shape index (κ3) is 5.88. The minimum atomic E-state index is -0.802. The van der Waals surface area contributed by atoms with Crippen LogP contribution in [0.3, 0.4) is 0 Å². The SMILES string of the molecule is [CH2-]C[Si](CC)(CC)CC.[I-].[Mg+2]. The molecule has 0 N–H and O–H groups in total. The standard InChI is InChI=1S/C8H19Si.HI.Mg/c1-5-9(6-2,7-3)8-4;;/h1,5-8H2,2-4H3;1H;/q-1;;+2/p-1. The van der Waals surface area contributed by atoms with Gasteiger partial charge in [-0.15, -0.1) is 0 Å². The molecule has 0 aromatic rings. The van der Waals surface area contributed by atoms with Crippen LogP contribution in [0.5, 0.6) is 0 Å². The molecule has 0 rings (SSSR count). The summed E-state index contributed by atoms with van der Waals surface area (Å²) in [5.74, 6) is 0. The van der Waals surface area contributed by atoms with E-state index in [4.69, 9.17) is 0 Å². The van der Waals surface area contributed by atoms with E-state index in [0.29, 0.717) is 0 Å². The minimum Gasteiger partial charge on any atom is -1.00 e. The van der Waals surface area contributed by atoms with Crippen molar-refractivity contribution in [1.29, 1.82) is 0 Å². The van der Waals surface area contributed by atoms with Crippen LogP contribution in [0, 0.1) is 6.92 Å². The van der Waals surface area contributed by atoms with Crippen molar-refractivity contribution in [2.75, 3.05) is 0 Å². The Morgan fingerprint density at radius 3 is 1.27 bits per heavy atom. The Morgan fingerprint density at radius 1 is 1.00 bits per heavy atom. The van der Waals surface area contributed by atoms with Gasteiger partial charge in [0.1, 0.15) is 0 Å². The number of hydrogen-bond donors (Lipinski definition) is 0. The second-order valence-corrected chi connectivity index (χ2v) is 8.43. The molecule has 0 heterocycles. The first-order valence-electron chi connectivity index (χ1n) is 4.04. The van der Waals surface area contributed by atoms with E-state index in [2.05, 4.69) is 27.7 Å². The van der Waals surface area contributed by atoms with Crippen molar-refractivity contribution in [1.82, 2.24) is 0 Å². The number of rotatable bonds is 4. The fraction of sp³-hybridized carbons (Fsp3) is 0.875. The largest absolute Gasteiger partial charge is 2.00 e. The Balaban J connectivity index is -0.000000320. The van der Waals surface area contributed by atoms with Gasteiger partial charge in [0.2, 0.25) is 0 Å². The van der Waals surface area contributed by atoms with Gasteiger partial charge in [0, 0.05) is 8.07 Å². The van der Waals surface area contributed by atoms with Crippen LogP contribution in [-0.2, 0) is 0 Å². The first kappa shape index (κ1) is 18.5. The molecule has 0 radical (unpaired) electrons. The van der Waals surface area contributed by atoms with Crippen LogP contribution in [0.4, 0.5) is 0 Å². The van der Waals surface area contributed by atoms with Gasteiger partial charge in [0.15, 0.2) is 0 Å². The van der Waals surface area contributed by atoms with Crippen LogP contribution in [0.2, 0.25) is 24.2 Å². The summed E-state index contributed by atoms with van der Waals surface area (Å²) in [7, 11) is -0.802. The topological polar surface area (TPSA) is 0 Å². The summed E-state index contributed by atoms with van der Waals surface area (Å²) in [5.41, 5.74) is 0. The van der Waals surface area contributed by atoms with Gasteiger partial charge in [-0.25, -0.2) is 0 Å². The zero-order chi connectivity index (χ0) is 7.33. The molecule has 0 aromatic heterocycles. The Hall–Kier alpha value is 1.71. The molecule has 0 amide bonds. The summed E-state index contributed by atoms with van der Waals surface area (Å²) in [6, 6.07) is 5.49. The summed E-state index contributed by atoms with van der Waals surface area (Å²) in [5, 5.41) is 0. The van der Waals surface area contributed by atoms with Gasteiger partial charge in [0.25, 0.3) is 0 Å². The van der Waals surface area contributed by atoms with Gasteiger partial charge < -0.3 is 30.9 Å². The molecule has 0 spiro atoms. The zero-order valence-electron chi connectivity index (χ0n) is 8.12. The summed E-state index contributed by atoms with van der Waals surface area (Å²) in [4.78, 5) is 0. The molecular formula is C8H19IMgSi. The molecule has 11 heavy (non-hydrogen) atoms. The summed E-state index contributed by atoms with van der Waals surface area (Å²) < 4.78 is 0. The summed E-state index contributed by atoms with van der Waals surface area (Å²) >= 11 is 0. The van der Waals surface area contributed by atoms with Gasteiger partial charge in [0.05, 0.1) is 0 Å². The van der Waals surface area contributed by atoms with Crippen LogP contribution in [0.15, 0.2) is 0 Å². The first-order chi connectivity index (χ1) is 4.24. The smallest absolute Gasteiger partial charge is 1.00 e. The molecule has 0 saturated heterocycles. The van der Waals surface area contributed by atoms with E-state index in [9.17, 15) is 0 Å². The van der Waals surface area contributed by atoms with Crippen molar-refractivity contribution in [2.24, 2.45) is 0 Å². The first-order valence-corrected chi connectivity index (χ1v) is 6.86. The predicted octanol–water partition coefficient (Wildman–Crippen LogP) is -0.0478. The Bertz CT molecular complexity index is 57.0. The van der Waals surface area contributed by atoms with E-state index >= 15 is 0 Å². The van der Waals surface area contributed by atoms with Gasteiger partial charge in [-0.05, 0) is 0 Å². The van der Waals surface area contributed by atoms with Crippen LogP contribution in [0.1, 0.15) is 20.8 Å². The third-order valence-corrected chi connectivity index (χ3v) is 8.34. The summed E-state index contributed by atoms with van der Waals surface area (Å²) in [6.07, 6.45) is 0. The zero-order valence-corrected chi connectivity index (χ0v) is 12.7. The van der Waals surface area contributed by atoms with Gasteiger partial charge in [-0.2, -0.15) is 6.04 Å². The average Bonchev–Trinajstić information content (AvgIpc) is 1.95. The van der Waals surface area contributed by atoms with E-state index in [1.54, 1.807) is 0 Å². The molecule has 0 bridgehead atoms. The molecule has 3 heteroatoms. The van der Waals surface area contributed by atoms with Crippen molar-refractivity contribution in [3.8, 4) is 0 Å². The van der Waals surface area contributed by atoms with E-state index in [1.807, 2.05) is 0 Å². The third-order valence-electron chi connectivity index (χ3n) is 2.78. The number of hydrogen-bond acceptors (Lipinski definition) is 0. The maximum Gasteiger partial charge on any atom is 2.00 e. The van der Waals surface area contributed by atoms with Crippen LogP contribution >= 0.6 is 0 Å². The maximum absolute atomic E-state index is 4.03.